The number of methoxy groups -OCH3 is 1. The Labute approximate surface area is 187 Å². The molecule has 0 radical (unpaired) electrons. The summed E-state index contributed by atoms with van der Waals surface area (Å²) in [6, 6.07) is 22.6. The van der Waals surface area contributed by atoms with Gasteiger partial charge in [0.2, 0.25) is 0 Å². The lowest BCUT2D eigenvalue weighted by Crippen LogP contribution is -2.20. The molecular weight excluding hydrogens is 429 g/mol. The minimum Gasteiger partial charge on any atom is -0.497 e. The monoisotopic (exact) mass is 447 g/mol. The third-order valence-corrected chi connectivity index (χ3v) is 5.47. The first-order valence-electron chi connectivity index (χ1n) is 9.61. The number of hydrogen-bond donors (Lipinski definition) is 1. The van der Waals surface area contributed by atoms with Crippen LogP contribution in [0.15, 0.2) is 99.6 Å². The number of ether oxygens (including phenoxy) is 1. The Morgan fingerprint density at radius 2 is 1.62 bits per heavy atom. The Bertz CT molecular complexity index is 1290. The standard InChI is InChI=1S/C24H18FN3O3S/c1-31-20-10-6-18(7-11-20)26-24(30)16-2-8-19(9-3-16)28-23(29)15-14-22(27-28)32-21-12-4-17(25)5-13-21/h2-15H,1H3,(H,26,30). The Hall–Kier alpha value is -3.91. The predicted octanol–water partition coefficient (Wildman–Crippen LogP) is 4.78. The molecule has 4 rings (SSSR count). The average molecular weight is 447 g/mol. The number of rotatable bonds is 6. The minimum atomic E-state index is -0.316. The van der Waals surface area contributed by atoms with Crippen LogP contribution in [0.5, 0.6) is 5.75 Å². The molecule has 0 aliphatic carbocycles. The Balaban J connectivity index is 1.50. The van der Waals surface area contributed by atoms with Crippen molar-refractivity contribution in [1.82, 2.24) is 9.78 Å². The molecule has 0 spiro atoms. The summed E-state index contributed by atoms with van der Waals surface area (Å²) in [6.45, 7) is 0. The van der Waals surface area contributed by atoms with Crippen LogP contribution >= 0.6 is 11.8 Å². The number of benzene rings is 3. The normalized spacial score (nSPS) is 10.6. The highest BCUT2D eigenvalue weighted by molar-refractivity contribution is 7.99. The summed E-state index contributed by atoms with van der Waals surface area (Å²) in [5.74, 6) is 0.108. The predicted molar refractivity (Wildman–Crippen MR) is 121 cm³/mol. The van der Waals surface area contributed by atoms with Gasteiger partial charge in [-0.2, -0.15) is 9.78 Å². The van der Waals surface area contributed by atoms with Crippen molar-refractivity contribution in [1.29, 1.82) is 0 Å². The van der Waals surface area contributed by atoms with E-state index in [1.54, 1.807) is 73.8 Å². The van der Waals surface area contributed by atoms with E-state index in [0.717, 1.165) is 4.90 Å². The summed E-state index contributed by atoms with van der Waals surface area (Å²) in [5.41, 5.74) is 1.30. The van der Waals surface area contributed by atoms with Gasteiger partial charge in [0.05, 0.1) is 12.8 Å². The van der Waals surface area contributed by atoms with E-state index in [1.165, 1.54) is 34.6 Å². The molecule has 0 aliphatic heterocycles. The third-order valence-electron chi connectivity index (χ3n) is 4.53. The van der Waals surface area contributed by atoms with Crippen LogP contribution in [-0.4, -0.2) is 22.8 Å². The number of aromatic nitrogens is 2. The van der Waals surface area contributed by atoms with Gasteiger partial charge < -0.3 is 10.1 Å². The molecule has 1 heterocycles. The van der Waals surface area contributed by atoms with E-state index in [2.05, 4.69) is 10.4 Å². The average Bonchev–Trinajstić information content (AvgIpc) is 2.82. The highest BCUT2D eigenvalue weighted by Gasteiger charge is 2.09. The second kappa shape index (κ2) is 9.49. The number of carbonyl (C=O) groups excluding carboxylic acids is 1. The van der Waals surface area contributed by atoms with Crippen LogP contribution in [0.3, 0.4) is 0 Å². The maximum absolute atomic E-state index is 13.1. The fourth-order valence-electron chi connectivity index (χ4n) is 2.89. The van der Waals surface area contributed by atoms with Gasteiger partial charge in [-0.25, -0.2) is 4.39 Å². The summed E-state index contributed by atoms with van der Waals surface area (Å²) < 4.78 is 19.5. The van der Waals surface area contributed by atoms with Gasteiger partial charge in [-0.1, -0.05) is 11.8 Å². The van der Waals surface area contributed by atoms with Crippen LogP contribution in [0.4, 0.5) is 10.1 Å². The lowest BCUT2D eigenvalue weighted by molar-refractivity contribution is 0.102. The first-order valence-corrected chi connectivity index (χ1v) is 10.4. The van der Waals surface area contributed by atoms with Gasteiger partial charge in [-0.3, -0.25) is 9.59 Å². The lowest BCUT2D eigenvalue weighted by Gasteiger charge is -2.09. The molecule has 1 aromatic heterocycles. The van der Waals surface area contributed by atoms with Crippen LogP contribution in [0.1, 0.15) is 10.4 Å². The fraction of sp³-hybridized carbons (Fsp3) is 0.0417. The molecule has 0 fully saturated rings. The molecular formula is C24H18FN3O3S. The first kappa shape index (κ1) is 21.3. The molecule has 3 aromatic carbocycles. The zero-order valence-corrected chi connectivity index (χ0v) is 17.8. The van der Waals surface area contributed by atoms with Gasteiger partial charge in [0.25, 0.3) is 11.5 Å². The van der Waals surface area contributed by atoms with E-state index >= 15 is 0 Å². The highest BCUT2D eigenvalue weighted by Crippen LogP contribution is 2.25. The zero-order valence-electron chi connectivity index (χ0n) is 17.0. The molecule has 0 unspecified atom stereocenters. The van der Waals surface area contributed by atoms with Crippen molar-refractivity contribution in [3.63, 3.8) is 0 Å². The molecule has 0 bridgehead atoms. The number of anilines is 1. The van der Waals surface area contributed by atoms with Gasteiger partial charge in [-0.15, -0.1) is 0 Å². The number of nitrogens with one attached hydrogen (secondary N) is 1. The minimum absolute atomic E-state index is 0.275. The zero-order chi connectivity index (χ0) is 22.5. The van der Waals surface area contributed by atoms with Crippen molar-refractivity contribution in [2.75, 3.05) is 12.4 Å². The van der Waals surface area contributed by atoms with Gasteiger partial charge in [0.15, 0.2) is 0 Å². The van der Waals surface area contributed by atoms with Crippen LogP contribution in [0.25, 0.3) is 5.69 Å². The molecule has 160 valence electrons. The van der Waals surface area contributed by atoms with Gasteiger partial charge in [-0.05, 0) is 78.9 Å². The molecule has 1 amide bonds. The summed E-state index contributed by atoms with van der Waals surface area (Å²) in [7, 11) is 1.58. The molecule has 1 N–H and O–H groups in total. The van der Waals surface area contributed by atoms with Crippen molar-refractivity contribution in [2.45, 2.75) is 9.92 Å². The smallest absolute Gasteiger partial charge is 0.271 e. The van der Waals surface area contributed by atoms with Gasteiger partial charge >= 0.3 is 0 Å². The van der Waals surface area contributed by atoms with Crippen molar-refractivity contribution in [2.24, 2.45) is 0 Å². The van der Waals surface area contributed by atoms with Crippen LogP contribution < -0.4 is 15.6 Å². The van der Waals surface area contributed by atoms with Crippen molar-refractivity contribution >= 4 is 23.4 Å². The largest absolute Gasteiger partial charge is 0.497 e. The van der Waals surface area contributed by atoms with Gasteiger partial charge in [0, 0.05) is 22.2 Å². The van der Waals surface area contributed by atoms with E-state index < -0.39 is 0 Å². The maximum Gasteiger partial charge on any atom is 0.271 e. The fourth-order valence-corrected chi connectivity index (χ4v) is 3.66. The topological polar surface area (TPSA) is 73.2 Å². The second-order valence-corrected chi connectivity index (χ2v) is 7.80. The van der Waals surface area contributed by atoms with Gasteiger partial charge in [0.1, 0.15) is 16.6 Å². The molecule has 32 heavy (non-hydrogen) atoms. The number of carbonyl (C=O) groups is 1. The van der Waals surface area contributed by atoms with Crippen LogP contribution in [-0.2, 0) is 0 Å². The number of hydrogen-bond acceptors (Lipinski definition) is 5. The van der Waals surface area contributed by atoms with Crippen LogP contribution in [0, 0.1) is 5.82 Å². The maximum atomic E-state index is 13.1. The number of nitrogens with zero attached hydrogens (tertiary/aromatic N) is 2. The Kier molecular flexibility index (Phi) is 6.32. The summed E-state index contributed by atoms with van der Waals surface area (Å²) in [6.07, 6.45) is 0. The second-order valence-electron chi connectivity index (χ2n) is 6.71. The number of amides is 1. The van der Waals surface area contributed by atoms with Crippen molar-refractivity contribution < 1.29 is 13.9 Å². The SMILES string of the molecule is COc1ccc(NC(=O)c2ccc(-n3nc(Sc4ccc(F)cc4)ccc3=O)cc2)cc1. The quantitative estimate of drug-likeness (QED) is 0.460. The number of halogens is 1. The summed E-state index contributed by atoms with van der Waals surface area (Å²) in [4.78, 5) is 25.6. The Morgan fingerprint density at radius 3 is 2.28 bits per heavy atom. The first-order chi connectivity index (χ1) is 15.5. The summed E-state index contributed by atoms with van der Waals surface area (Å²) in [5, 5.41) is 7.77. The van der Waals surface area contributed by atoms with Crippen LogP contribution in [0.2, 0.25) is 0 Å². The van der Waals surface area contributed by atoms with Crippen molar-refractivity contribution in [3.05, 3.63) is 107 Å². The third kappa shape index (κ3) is 5.04. The molecule has 0 saturated carbocycles. The Morgan fingerprint density at radius 1 is 0.938 bits per heavy atom. The van der Waals surface area contributed by atoms with E-state index in [0.29, 0.717) is 27.7 Å². The molecule has 0 aliphatic rings. The molecule has 6 nitrogen and oxygen atoms in total. The van der Waals surface area contributed by atoms with E-state index in [-0.39, 0.29) is 17.3 Å². The van der Waals surface area contributed by atoms with E-state index in [1.807, 2.05) is 0 Å². The lowest BCUT2D eigenvalue weighted by atomic mass is 10.2. The van der Waals surface area contributed by atoms with Crippen molar-refractivity contribution in [3.8, 4) is 11.4 Å². The van der Waals surface area contributed by atoms with E-state index in [4.69, 9.17) is 4.74 Å². The molecule has 0 saturated heterocycles. The highest BCUT2D eigenvalue weighted by atomic mass is 32.2. The van der Waals surface area contributed by atoms with E-state index in [9.17, 15) is 14.0 Å². The molecule has 0 atom stereocenters. The summed E-state index contributed by atoms with van der Waals surface area (Å²) >= 11 is 1.32. The molecule has 4 aromatic rings. The molecule has 8 heteroatoms.